The van der Waals surface area contributed by atoms with Gasteiger partial charge in [-0.3, -0.25) is 0 Å². The van der Waals surface area contributed by atoms with Crippen molar-refractivity contribution in [2.24, 2.45) is 7.05 Å². The molecule has 6 aromatic rings. The molecule has 2 aliphatic rings. The first-order valence-corrected chi connectivity index (χ1v) is 17.6. The zero-order valence-electron chi connectivity index (χ0n) is 30.7. The Morgan fingerprint density at radius 2 is 1.15 bits per heavy atom. The number of benzene rings is 1. The minimum Gasteiger partial charge on any atom is -0.391 e. The normalized spacial score (nSPS) is 18.1. The lowest BCUT2D eigenvalue weighted by atomic mass is 9.95. The van der Waals surface area contributed by atoms with Gasteiger partial charge in [0.15, 0.2) is 39.8 Å². The molecule has 18 nitrogen and oxygen atoms in total. The van der Waals surface area contributed by atoms with Crippen LogP contribution in [-0.4, -0.2) is 119 Å². The second kappa shape index (κ2) is 13.7. The molecule has 0 aliphatic carbocycles. The lowest BCUT2D eigenvalue weighted by Crippen LogP contribution is -2.25. The fourth-order valence-corrected chi connectivity index (χ4v) is 6.15. The molecule has 0 radical (unpaired) electrons. The van der Waals surface area contributed by atoms with Gasteiger partial charge in [-0.2, -0.15) is 0 Å². The number of hydrogen-bond donors (Lipinski definition) is 2. The third-order valence-corrected chi connectivity index (χ3v) is 9.13. The fraction of sp³-hybridized carbons (Fsp3) is 0.559. The van der Waals surface area contributed by atoms with E-state index in [0.29, 0.717) is 54.5 Å². The molecule has 0 amide bonds. The number of fused-ring (bicyclic) bond motifs is 2. The summed E-state index contributed by atoms with van der Waals surface area (Å²) in [5.41, 5.74) is 3.43. The molecule has 1 aromatic carbocycles. The van der Waals surface area contributed by atoms with E-state index in [1.54, 1.807) is 16.4 Å². The second-order valence-electron chi connectivity index (χ2n) is 15.6. The zero-order valence-corrected chi connectivity index (χ0v) is 30.7. The van der Waals surface area contributed by atoms with E-state index in [0.717, 1.165) is 54.6 Å². The Labute approximate surface area is 300 Å². The van der Waals surface area contributed by atoms with Crippen molar-refractivity contribution in [3.05, 3.63) is 53.4 Å². The van der Waals surface area contributed by atoms with Gasteiger partial charge in [0.25, 0.3) is 0 Å². The largest absolute Gasteiger partial charge is 0.391 e. The summed E-state index contributed by atoms with van der Waals surface area (Å²) >= 11 is 0. The topological polar surface area (TPSA) is 204 Å². The van der Waals surface area contributed by atoms with Crippen LogP contribution in [0.4, 0.5) is 11.6 Å². The third kappa shape index (κ3) is 7.25. The number of aliphatic hydroxyl groups excluding tert-OH is 2. The SMILES string of the molecule is CC(C)(C)c1nc(N2CC[C@@H](O)C2)c2nnn(Cc3ccccc3)c2n1.Cn1nnnc1Cn1nnc2c(N3CC[C@@H](O)C3)nc(C(C)(C)C)nc21. The van der Waals surface area contributed by atoms with E-state index < -0.39 is 0 Å². The molecule has 2 saturated heterocycles. The van der Waals surface area contributed by atoms with Crippen molar-refractivity contribution in [2.45, 2.75) is 90.5 Å². The molecule has 274 valence electrons. The summed E-state index contributed by atoms with van der Waals surface area (Å²) in [7, 11) is 1.78. The number of β-amino-alcohol motifs (C(OH)–C–C–N with tert-alkyl or cyclic N) is 2. The van der Waals surface area contributed by atoms with E-state index in [9.17, 15) is 10.2 Å². The van der Waals surface area contributed by atoms with Crippen LogP contribution in [0.1, 0.15) is 77.4 Å². The predicted octanol–water partition coefficient (Wildman–Crippen LogP) is 1.80. The molecule has 0 bridgehead atoms. The van der Waals surface area contributed by atoms with E-state index in [-0.39, 0.29) is 23.0 Å². The second-order valence-corrected chi connectivity index (χ2v) is 15.6. The van der Waals surface area contributed by atoms with E-state index in [1.807, 2.05) is 27.8 Å². The van der Waals surface area contributed by atoms with E-state index >= 15 is 0 Å². The van der Waals surface area contributed by atoms with Crippen molar-refractivity contribution in [2.75, 3.05) is 36.0 Å². The minimum atomic E-state index is -0.349. The third-order valence-electron chi connectivity index (χ3n) is 9.13. The van der Waals surface area contributed by atoms with Crippen LogP contribution >= 0.6 is 0 Å². The van der Waals surface area contributed by atoms with Crippen LogP contribution in [0.2, 0.25) is 0 Å². The molecule has 0 saturated carbocycles. The highest BCUT2D eigenvalue weighted by molar-refractivity contribution is 5.84. The van der Waals surface area contributed by atoms with Gasteiger partial charge in [0.2, 0.25) is 0 Å². The number of aromatic nitrogens is 14. The molecule has 5 aromatic heterocycles. The van der Waals surface area contributed by atoms with Crippen molar-refractivity contribution in [1.29, 1.82) is 0 Å². The highest BCUT2D eigenvalue weighted by atomic mass is 16.3. The van der Waals surface area contributed by atoms with Crippen molar-refractivity contribution in [3.8, 4) is 0 Å². The molecular formula is C34H46N16O2. The van der Waals surface area contributed by atoms with Crippen molar-refractivity contribution in [1.82, 2.24) is 70.1 Å². The molecule has 0 unspecified atom stereocenters. The Morgan fingerprint density at radius 1 is 0.654 bits per heavy atom. The maximum Gasteiger partial charge on any atom is 0.184 e. The zero-order chi connectivity index (χ0) is 36.8. The molecule has 18 heteroatoms. The van der Waals surface area contributed by atoms with Gasteiger partial charge >= 0.3 is 0 Å². The summed E-state index contributed by atoms with van der Waals surface area (Å²) in [6.45, 7) is 16.1. The van der Waals surface area contributed by atoms with E-state index in [2.05, 4.69) is 94.7 Å². The molecule has 2 atom stereocenters. The molecule has 2 N–H and O–H groups in total. The number of hydrogen-bond acceptors (Lipinski definition) is 15. The monoisotopic (exact) mass is 710 g/mol. The molecule has 2 aliphatic heterocycles. The Hall–Kier alpha value is -5.23. The van der Waals surface area contributed by atoms with Crippen molar-refractivity contribution >= 4 is 34.0 Å². The lowest BCUT2D eigenvalue weighted by molar-refractivity contribution is 0.198. The van der Waals surface area contributed by atoms with Gasteiger partial charge in [-0.1, -0.05) is 82.3 Å². The lowest BCUT2D eigenvalue weighted by Gasteiger charge is -2.21. The first-order valence-electron chi connectivity index (χ1n) is 17.6. The van der Waals surface area contributed by atoms with Crippen molar-refractivity contribution in [3.63, 3.8) is 0 Å². The molecule has 2 fully saturated rings. The van der Waals surface area contributed by atoms with E-state index in [4.69, 9.17) is 19.9 Å². The number of aliphatic hydroxyl groups is 2. The molecule has 7 heterocycles. The van der Waals surface area contributed by atoms with Gasteiger partial charge in [-0.05, 0) is 28.8 Å². The molecule has 52 heavy (non-hydrogen) atoms. The Bertz CT molecular complexity index is 2160. The van der Waals surface area contributed by atoms with Gasteiger partial charge in [0.05, 0.1) is 18.8 Å². The van der Waals surface area contributed by atoms with Crippen molar-refractivity contribution < 1.29 is 10.2 Å². The quantitative estimate of drug-likeness (QED) is 0.253. The fourth-order valence-electron chi connectivity index (χ4n) is 6.15. The number of anilines is 2. The summed E-state index contributed by atoms with van der Waals surface area (Å²) in [6, 6.07) is 10.2. The number of nitrogens with zero attached hydrogens (tertiary/aromatic N) is 16. The van der Waals surface area contributed by atoms with Crippen LogP contribution in [0.15, 0.2) is 30.3 Å². The molecule has 8 rings (SSSR count). The summed E-state index contributed by atoms with van der Waals surface area (Å²) in [6.07, 6.45) is 0.791. The van der Waals surface area contributed by atoms with Gasteiger partial charge in [-0.15, -0.1) is 15.3 Å². The first-order chi connectivity index (χ1) is 24.7. The Morgan fingerprint density at radius 3 is 1.58 bits per heavy atom. The summed E-state index contributed by atoms with van der Waals surface area (Å²) in [5, 5.41) is 48.6. The molecular weight excluding hydrogens is 664 g/mol. The average molecular weight is 711 g/mol. The van der Waals surface area contributed by atoms with Crippen LogP contribution in [-0.2, 0) is 31.0 Å². The van der Waals surface area contributed by atoms with Crippen LogP contribution in [0.25, 0.3) is 22.3 Å². The van der Waals surface area contributed by atoms with Crippen LogP contribution in [0, 0.1) is 0 Å². The van der Waals surface area contributed by atoms with Crippen LogP contribution < -0.4 is 9.80 Å². The highest BCUT2D eigenvalue weighted by Crippen LogP contribution is 2.31. The van der Waals surface area contributed by atoms with E-state index in [1.165, 1.54) is 0 Å². The number of rotatable bonds is 6. The predicted molar refractivity (Wildman–Crippen MR) is 193 cm³/mol. The maximum atomic E-state index is 9.94. The highest BCUT2D eigenvalue weighted by Gasteiger charge is 2.30. The molecule has 0 spiro atoms. The number of aryl methyl sites for hydroxylation is 1. The summed E-state index contributed by atoms with van der Waals surface area (Å²) < 4.78 is 5.11. The maximum absolute atomic E-state index is 9.94. The average Bonchev–Trinajstić information content (AvgIpc) is 3.95. The van der Waals surface area contributed by atoms with Gasteiger partial charge < -0.3 is 20.0 Å². The minimum absolute atomic E-state index is 0.191. The number of tetrazole rings is 1. The Kier molecular flexibility index (Phi) is 9.28. The van der Waals surface area contributed by atoms with Gasteiger partial charge in [0, 0.05) is 44.1 Å². The standard InChI is InChI=1S/C19H24N6O.C15H22N10O/c1-19(2,3)18-20-16(24-10-9-14(26)12-24)15-17(21-18)25(23-22-15)11-13-7-5-4-6-8-13;1-15(2,3)14-16-12(24-6-5-9(26)7-24)11-13(17-14)25(21-19-11)8-10-18-20-22-23(10)4/h4-8,14,26H,9-12H2,1-3H3;9,26H,5-8H2,1-4H3/t14-;9-/m11/s1. The Balaban J connectivity index is 0.000000162. The smallest absolute Gasteiger partial charge is 0.184 e. The van der Waals surface area contributed by atoms with Crippen LogP contribution in [0.5, 0.6) is 0 Å². The summed E-state index contributed by atoms with van der Waals surface area (Å²) in [5.74, 6) is 3.62. The van der Waals surface area contributed by atoms with Gasteiger partial charge in [0.1, 0.15) is 18.2 Å². The first kappa shape index (κ1) is 35.2. The van der Waals surface area contributed by atoms with Gasteiger partial charge in [-0.25, -0.2) is 34.0 Å². The summed E-state index contributed by atoms with van der Waals surface area (Å²) in [4.78, 5) is 23.2. The van der Waals surface area contributed by atoms with Crippen LogP contribution in [0.3, 0.4) is 0 Å².